The summed E-state index contributed by atoms with van der Waals surface area (Å²) < 4.78 is 31.1. The standard InChI is InChI=1S/C25H29FN4O4/c1-32-18-2-3-21-19(11-18)25(20(26)13-29-21)22(31)15-30-6-4-16(5-7-30)27-12-17-10-23-24(14-28-17)34-9-8-33-23/h2-3,10-11,13-14,16,22,27,31H,4-9,12,15H2,1H3. The molecule has 4 heterocycles. The Kier molecular flexibility index (Phi) is 6.75. The first-order valence-corrected chi connectivity index (χ1v) is 11.6. The first kappa shape index (κ1) is 22.8. The molecule has 0 bridgehead atoms. The Labute approximate surface area is 197 Å². The number of nitrogens with zero attached hydrogens (tertiary/aromatic N) is 3. The zero-order valence-corrected chi connectivity index (χ0v) is 19.2. The number of aliphatic hydroxyl groups excluding tert-OH is 1. The molecule has 0 radical (unpaired) electrons. The number of likely N-dealkylation sites (tertiary alicyclic amines) is 1. The number of aliphatic hydroxyl groups is 1. The van der Waals surface area contributed by atoms with Crippen LogP contribution in [-0.4, -0.2) is 66.0 Å². The van der Waals surface area contributed by atoms with Crippen LogP contribution in [-0.2, 0) is 6.54 Å². The highest BCUT2D eigenvalue weighted by Crippen LogP contribution is 2.31. The third-order valence-electron chi connectivity index (χ3n) is 6.48. The molecule has 2 aliphatic rings. The number of pyridine rings is 2. The summed E-state index contributed by atoms with van der Waals surface area (Å²) in [6.07, 6.45) is 3.81. The maximum Gasteiger partial charge on any atom is 0.179 e. The number of nitrogens with one attached hydrogen (secondary N) is 1. The number of rotatable bonds is 7. The molecule has 0 amide bonds. The van der Waals surface area contributed by atoms with Gasteiger partial charge in [-0.3, -0.25) is 9.97 Å². The summed E-state index contributed by atoms with van der Waals surface area (Å²) in [5.74, 6) is 1.54. The van der Waals surface area contributed by atoms with E-state index in [0.717, 1.165) is 37.4 Å². The van der Waals surface area contributed by atoms with Crippen LogP contribution in [0.2, 0.25) is 0 Å². The summed E-state index contributed by atoms with van der Waals surface area (Å²) in [5.41, 5.74) is 1.82. The van der Waals surface area contributed by atoms with Crippen LogP contribution >= 0.6 is 0 Å². The molecule has 1 unspecified atom stereocenters. The van der Waals surface area contributed by atoms with E-state index in [1.165, 1.54) is 6.20 Å². The predicted octanol–water partition coefficient (Wildman–Crippen LogP) is 2.84. The van der Waals surface area contributed by atoms with E-state index in [9.17, 15) is 9.50 Å². The molecular weight excluding hydrogens is 439 g/mol. The third-order valence-corrected chi connectivity index (χ3v) is 6.48. The van der Waals surface area contributed by atoms with E-state index < -0.39 is 11.9 Å². The fraction of sp³-hybridized carbons (Fsp3) is 0.440. The molecule has 1 fully saturated rings. The Morgan fingerprint density at radius 3 is 2.74 bits per heavy atom. The molecule has 2 aromatic heterocycles. The lowest BCUT2D eigenvalue weighted by Crippen LogP contribution is -2.43. The van der Waals surface area contributed by atoms with Gasteiger partial charge in [0.2, 0.25) is 0 Å². The van der Waals surface area contributed by atoms with E-state index in [0.29, 0.717) is 54.7 Å². The van der Waals surface area contributed by atoms with Crippen molar-refractivity contribution in [1.29, 1.82) is 0 Å². The fourth-order valence-corrected chi connectivity index (χ4v) is 4.62. The summed E-state index contributed by atoms with van der Waals surface area (Å²) in [6, 6.07) is 7.56. The van der Waals surface area contributed by atoms with Crippen LogP contribution in [0.25, 0.3) is 10.9 Å². The predicted molar refractivity (Wildman–Crippen MR) is 125 cm³/mol. The van der Waals surface area contributed by atoms with Gasteiger partial charge >= 0.3 is 0 Å². The van der Waals surface area contributed by atoms with Gasteiger partial charge in [-0.05, 0) is 44.1 Å². The molecule has 0 saturated carbocycles. The number of aromatic nitrogens is 2. The minimum atomic E-state index is -0.955. The van der Waals surface area contributed by atoms with Crippen molar-refractivity contribution >= 4 is 10.9 Å². The van der Waals surface area contributed by atoms with Gasteiger partial charge in [-0.15, -0.1) is 0 Å². The van der Waals surface area contributed by atoms with Gasteiger partial charge in [-0.25, -0.2) is 4.39 Å². The van der Waals surface area contributed by atoms with E-state index in [2.05, 4.69) is 20.2 Å². The lowest BCUT2D eigenvalue weighted by molar-refractivity contribution is 0.0925. The molecule has 8 nitrogen and oxygen atoms in total. The molecular formula is C25H29FN4O4. The average molecular weight is 469 g/mol. The van der Waals surface area contributed by atoms with Gasteiger partial charge in [0.1, 0.15) is 24.8 Å². The second-order valence-electron chi connectivity index (χ2n) is 8.69. The van der Waals surface area contributed by atoms with E-state index >= 15 is 0 Å². The second kappa shape index (κ2) is 10.1. The highest BCUT2D eigenvalue weighted by molar-refractivity contribution is 5.84. The molecule has 34 heavy (non-hydrogen) atoms. The minimum absolute atomic E-state index is 0.272. The van der Waals surface area contributed by atoms with E-state index in [1.54, 1.807) is 31.5 Å². The Hall–Kier alpha value is -3.01. The van der Waals surface area contributed by atoms with Crippen molar-refractivity contribution in [3.8, 4) is 17.2 Å². The molecule has 9 heteroatoms. The highest BCUT2D eigenvalue weighted by atomic mass is 19.1. The van der Waals surface area contributed by atoms with Crippen LogP contribution in [0.3, 0.4) is 0 Å². The van der Waals surface area contributed by atoms with E-state index in [4.69, 9.17) is 14.2 Å². The van der Waals surface area contributed by atoms with Crippen LogP contribution in [0.4, 0.5) is 4.39 Å². The number of hydrogen-bond donors (Lipinski definition) is 2. The Morgan fingerprint density at radius 1 is 1.15 bits per heavy atom. The smallest absolute Gasteiger partial charge is 0.179 e. The van der Waals surface area contributed by atoms with Crippen LogP contribution in [0.1, 0.15) is 30.2 Å². The molecule has 1 saturated heterocycles. The Bertz CT molecular complexity index is 1150. The first-order chi connectivity index (χ1) is 16.6. The summed E-state index contributed by atoms with van der Waals surface area (Å²) >= 11 is 0. The number of benzene rings is 1. The highest BCUT2D eigenvalue weighted by Gasteiger charge is 2.24. The summed E-state index contributed by atoms with van der Waals surface area (Å²) in [5, 5.41) is 15.1. The van der Waals surface area contributed by atoms with Crippen LogP contribution < -0.4 is 19.5 Å². The number of ether oxygens (including phenoxy) is 3. The van der Waals surface area contributed by atoms with Crippen LogP contribution in [0.15, 0.2) is 36.7 Å². The molecule has 0 aliphatic carbocycles. The van der Waals surface area contributed by atoms with E-state index in [-0.39, 0.29) is 5.56 Å². The number of hydrogen-bond acceptors (Lipinski definition) is 8. The topological polar surface area (TPSA) is 89.0 Å². The molecule has 2 N–H and O–H groups in total. The lowest BCUT2D eigenvalue weighted by atomic mass is 10.0. The van der Waals surface area contributed by atoms with Crippen molar-refractivity contribution in [2.24, 2.45) is 0 Å². The summed E-state index contributed by atoms with van der Waals surface area (Å²) in [4.78, 5) is 10.8. The number of halogens is 1. The zero-order valence-electron chi connectivity index (χ0n) is 19.2. The second-order valence-corrected chi connectivity index (χ2v) is 8.69. The van der Waals surface area contributed by atoms with Crippen molar-refractivity contribution < 1.29 is 23.7 Å². The zero-order chi connectivity index (χ0) is 23.5. The molecule has 1 atom stereocenters. The van der Waals surface area contributed by atoms with Gasteiger partial charge in [0.15, 0.2) is 11.5 Å². The van der Waals surface area contributed by atoms with Crippen molar-refractivity contribution in [3.63, 3.8) is 0 Å². The third kappa shape index (κ3) is 4.91. The molecule has 2 aliphatic heterocycles. The van der Waals surface area contributed by atoms with Crippen molar-refractivity contribution in [2.75, 3.05) is 40.0 Å². The lowest BCUT2D eigenvalue weighted by Gasteiger charge is -2.33. The molecule has 3 aromatic rings. The van der Waals surface area contributed by atoms with Gasteiger partial charge in [0.25, 0.3) is 0 Å². The fourth-order valence-electron chi connectivity index (χ4n) is 4.62. The quantitative estimate of drug-likeness (QED) is 0.547. The molecule has 0 spiro atoms. The largest absolute Gasteiger partial charge is 0.497 e. The summed E-state index contributed by atoms with van der Waals surface area (Å²) in [7, 11) is 1.56. The van der Waals surface area contributed by atoms with Crippen molar-refractivity contribution in [1.82, 2.24) is 20.2 Å². The van der Waals surface area contributed by atoms with Gasteiger partial charge in [0, 0.05) is 36.1 Å². The van der Waals surface area contributed by atoms with Crippen LogP contribution in [0, 0.1) is 5.82 Å². The van der Waals surface area contributed by atoms with Gasteiger partial charge in [-0.1, -0.05) is 0 Å². The maximum atomic E-state index is 14.7. The molecule has 1 aromatic carbocycles. The number of methoxy groups -OCH3 is 1. The summed E-state index contributed by atoms with van der Waals surface area (Å²) in [6.45, 7) is 3.76. The minimum Gasteiger partial charge on any atom is -0.497 e. The van der Waals surface area contributed by atoms with Crippen molar-refractivity contribution in [2.45, 2.75) is 31.5 Å². The maximum absolute atomic E-state index is 14.7. The molecule has 5 rings (SSSR count). The Morgan fingerprint density at radius 2 is 1.94 bits per heavy atom. The van der Waals surface area contributed by atoms with E-state index in [1.807, 2.05) is 6.07 Å². The average Bonchev–Trinajstić information content (AvgIpc) is 2.87. The monoisotopic (exact) mass is 468 g/mol. The number of β-amino-alcohol motifs (C(OH)–C–C–N with tert-alkyl or cyclic N) is 1. The number of fused-ring (bicyclic) bond motifs is 2. The SMILES string of the molecule is COc1ccc2ncc(F)c(C(O)CN3CCC(NCc4cc5c(cn4)OCCO5)CC3)c2c1. The Balaban J connectivity index is 1.16. The normalized spacial score (nSPS) is 17.6. The van der Waals surface area contributed by atoms with Crippen molar-refractivity contribution in [3.05, 3.63) is 53.7 Å². The van der Waals surface area contributed by atoms with Crippen LogP contribution in [0.5, 0.6) is 17.2 Å². The van der Waals surface area contributed by atoms with Gasteiger partial charge in [0.05, 0.1) is 36.8 Å². The van der Waals surface area contributed by atoms with Gasteiger partial charge in [-0.2, -0.15) is 0 Å². The molecule has 180 valence electrons. The number of piperidine rings is 1. The first-order valence-electron chi connectivity index (χ1n) is 11.6. The van der Waals surface area contributed by atoms with Gasteiger partial charge < -0.3 is 29.5 Å².